The van der Waals surface area contributed by atoms with Gasteiger partial charge in [0.2, 0.25) is 0 Å². The van der Waals surface area contributed by atoms with Gasteiger partial charge in [0, 0.05) is 0 Å². The Morgan fingerprint density at radius 1 is 1.04 bits per heavy atom. The number of rotatable bonds is 3. The Morgan fingerprint density at radius 3 is 2.38 bits per heavy atom. The number of nitrogens with zero attached hydrogens (tertiary/aromatic N) is 1. The van der Waals surface area contributed by atoms with E-state index in [1.165, 1.54) is 4.90 Å². The molecule has 1 aliphatic rings. The van der Waals surface area contributed by atoms with Gasteiger partial charge in [0.25, 0.3) is 0 Å². The molecule has 26 heavy (non-hydrogen) atoms. The lowest BCUT2D eigenvalue weighted by atomic mass is 10.1. The van der Waals surface area contributed by atoms with Crippen LogP contribution in [0.4, 0.5) is 4.79 Å². The molecule has 1 amide bonds. The van der Waals surface area contributed by atoms with Crippen molar-refractivity contribution in [2.24, 2.45) is 0 Å². The molecule has 0 bridgehead atoms. The van der Waals surface area contributed by atoms with E-state index in [4.69, 9.17) is 9.47 Å². The van der Waals surface area contributed by atoms with E-state index in [0.29, 0.717) is 6.54 Å². The van der Waals surface area contributed by atoms with Gasteiger partial charge in [0.1, 0.15) is 12.2 Å². The van der Waals surface area contributed by atoms with E-state index < -0.39 is 23.7 Å². The third kappa shape index (κ3) is 4.04. The van der Waals surface area contributed by atoms with Gasteiger partial charge in [-0.1, -0.05) is 54.6 Å². The number of fused-ring (bicyclic) bond motifs is 1. The normalized spacial score (nSPS) is 16.1. The third-order valence-corrected chi connectivity index (χ3v) is 4.08. The van der Waals surface area contributed by atoms with Gasteiger partial charge >= 0.3 is 12.1 Å². The second kappa shape index (κ2) is 7.20. The molecule has 0 unspecified atom stereocenters. The van der Waals surface area contributed by atoms with Crippen LogP contribution in [0.2, 0.25) is 0 Å². The quantitative estimate of drug-likeness (QED) is 0.775. The second-order valence-corrected chi connectivity index (χ2v) is 7.30. The molecule has 0 saturated carbocycles. The Hall–Kier alpha value is -2.82. The molecular weight excluding hydrogens is 330 g/mol. The van der Waals surface area contributed by atoms with Crippen LogP contribution in [-0.4, -0.2) is 22.6 Å². The van der Waals surface area contributed by atoms with E-state index >= 15 is 0 Å². The maximum atomic E-state index is 12.8. The highest BCUT2D eigenvalue weighted by Gasteiger charge is 2.41. The highest BCUT2D eigenvalue weighted by atomic mass is 16.6. The average molecular weight is 353 g/mol. The molecule has 2 aromatic carbocycles. The van der Waals surface area contributed by atoms with E-state index in [9.17, 15) is 9.59 Å². The first-order valence-corrected chi connectivity index (χ1v) is 8.63. The standard InChI is InChI=1S/C21H23NO4/c1-21(2,3)26-20(24)22-13-16-11-7-8-12-17(16)18(22)19(23)25-14-15-9-5-4-6-10-15/h4-12,18H,13-14H2,1-3H3/t18-/m0/s1. The molecule has 136 valence electrons. The smallest absolute Gasteiger partial charge is 0.411 e. The number of benzene rings is 2. The van der Waals surface area contributed by atoms with Crippen LogP contribution < -0.4 is 0 Å². The summed E-state index contributed by atoms with van der Waals surface area (Å²) in [5.74, 6) is -0.454. The van der Waals surface area contributed by atoms with Crippen LogP contribution in [0.3, 0.4) is 0 Å². The van der Waals surface area contributed by atoms with Crippen molar-refractivity contribution in [2.45, 2.75) is 45.6 Å². The zero-order valence-corrected chi connectivity index (χ0v) is 15.3. The summed E-state index contributed by atoms with van der Waals surface area (Å²) in [6, 6.07) is 16.2. The fourth-order valence-electron chi connectivity index (χ4n) is 2.94. The SMILES string of the molecule is CC(C)(C)OC(=O)N1Cc2ccccc2[C@H]1C(=O)OCc1ccccc1. The van der Waals surface area contributed by atoms with Crippen LogP contribution in [-0.2, 0) is 27.4 Å². The highest BCUT2D eigenvalue weighted by molar-refractivity contribution is 5.85. The first-order chi connectivity index (χ1) is 12.3. The summed E-state index contributed by atoms with van der Waals surface area (Å²) in [5.41, 5.74) is 1.98. The monoisotopic (exact) mass is 353 g/mol. The summed E-state index contributed by atoms with van der Waals surface area (Å²) in [5, 5.41) is 0. The summed E-state index contributed by atoms with van der Waals surface area (Å²) in [6.07, 6.45) is -0.518. The number of amides is 1. The molecule has 2 aromatic rings. The van der Waals surface area contributed by atoms with Gasteiger partial charge in [-0.25, -0.2) is 9.59 Å². The maximum Gasteiger partial charge on any atom is 0.411 e. The van der Waals surface area contributed by atoms with E-state index in [-0.39, 0.29) is 6.61 Å². The number of hydrogen-bond acceptors (Lipinski definition) is 4. The van der Waals surface area contributed by atoms with Crippen molar-refractivity contribution in [3.63, 3.8) is 0 Å². The minimum atomic E-state index is -0.787. The Kier molecular flexibility index (Phi) is 4.98. The molecule has 0 radical (unpaired) electrons. The number of carbonyl (C=O) groups excluding carboxylic acids is 2. The van der Waals surface area contributed by atoms with Gasteiger partial charge in [-0.2, -0.15) is 0 Å². The van der Waals surface area contributed by atoms with Gasteiger partial charge < -0.3 is 9.47 Å². The minimum Gasteiger partial charge on any atom is -0.459 e. The van der Waals surface area contributed by atoms with Crippen molar-refractivity contribution in [3.8, 4) is 0 Å². The molecule has 1 heterocycles. The van der Waals surface area contributed by atoms with E-state index in [1.54, 1.807) is 20.8 Å². The lowest BCUT2D eigenvalue weighted by Crippen LogP contribution is -2.38. The van der Waals surface area contributed by atoms with Gasteiger partial charge in [-0.15, -0.1) is 0 Å². The van der Waals surface area contributed by atoms with Crippen LogP contribution in [0.15, 0.2) is 54.6 Å². The summed E-state index contributed by atoms with van der Waals surface area (Å²) in [4.78, 5) is 26.8. The summed E-state index contributed by atoms with van der Waals surface area (Å²) < 4.78 is 11.0. The molecule has 1 aliphatic heterocycles. The Balaban J connectivity index is 1.79. The predicted octanol–water partition coefficient (Wildman–Crippen LogP) is 4.22. The van der Waals surface area contributed by atoms with Crippen LogP contribution in [0.5, 0.6) is 0 Å². The van der Waals surface area contributed by atoms with Gasteiger partial charge in [0.15, 0.2) is 6.04 Å². The zero-order chi connectivity index (χ0) is 18.7. The van der Waals surface area contributed by atoms with E-state index in [1.807, 2.05) is 54.6 Å². The first kappa shape index (κ1) is 18.0. The largest absolute Gasteiger partial charge is 0.459 e. The molecule has 3 rings (SSSR count). The van der Waals surface area contributed by atoms with Crippen molar-refractivity contribution in [3.05, 3.63) is 71.3 Å². The number of carbonyl (C=O) groups is 2. The summed E-state index contributed by atoms with van der Waals surface area (Å²) in [7, 11) is 0. The fourth-order valence-corrected chi connectivity index (χ4v) is 2.94. The van der Waals surface area contributed by atoms with Gasteiger partial charge in [-0.3, -0.25) is 4.90 Å². The number of ether oxygens (including phenoxy) is 2. The average Bonchev–Trinajstić information content (AvgIpc) is 2.99. The lowest BCUT2D eigenvalue weighted by molar-refractivity contribution is -0.151. The van der Waals surface area contributed by atoms with Crippen molar-refractivity contribution < 1.29 is 19.1 Å². The molecule has 0 spiro atoms. The molecule has 0 saturated heterocycles. The molecule has 0 aliphatic carbocycles. The van der Waals surface area contributed by atoms with Crippen LogP contribution >= 0.6 is 0 Å². The van der Waals surface area contributed by atoms with E-state index in [2.05, 4.69) is 0 Å². The van der Waals surface area contributed by atoms with Crippen LogP contribution in [0.25, 0.3) is 0 Å². The number of esters is 1. The molecular formula is C21H23NO4. The van der Waals surface area contributed by atoms with Crippen molar-refractivity contribution in [1.82, 2.24) is 4.90 Å². The zero-order valence-electron chi connectivity index (χ0n) is 15.3. The fraction of sp³-hybridized carbons (Fsp3) is 0.333. The predicted molar refractivity (Wildman–Crippen MR) is 97.2 cm³/mol. The Labute approximate surface area is 153 Å². The van der Waals surface area contributed by atoms with E-state index in [0.717, 1.165) is 16.7 Å². The topological polar surface area (TPSA) is 55.8 Å². The first-order valence-electron chi connectivity index (χ1n) is 8.63. The van der Waals surface area contributed by atoms with Gasteiger partial charge in [0.05, 0.1) is 6.54 Å². The summed E-state index contributed by atoms with van der Waals surface area (Å²) >= 11 is 0. The molecule has 5 nitrogen and oxygen atoms in total. The Morgan fingerprint density at radius 2 is 1.69 bits per heavy atom. The molecule has 1 atom stereocenters. The lowest BCUT2D eigenvalue weighted by Gasteiger charge is -2.27. The Bertz CT molecular complexity index is 795. The maximum absolute atomic E-state index is 12.8. The third-order valence-electron chi connectivity index (χ3n) is 4.08. The van der Waals surface area contributed by atoms with Crippen LogP contribution in [0.1, 0.15) is 43.5 Å². The molecule has 0 aromatic heterocycles. The second-order valence-electron chi connectivity index (χ2n) is 7.30. The molecule has 0 N–H and O–H groups in total. The summed E-state index contributed by atoms with van der Waals surface area (Å²) in [6.45, 7) is 5.90. The van der Waals surface area contributed by atoms with Crippen LogP contribution in [0, 0.1) is 0 Å². The molecule has 5 heteroatoms. The van der Waals surface area contributed by atoms with Gasteiger partial charge in [-0.05, 0) is 37.5 Å². The van der Waals surface area contributed by atoms with Crippen molar-refractivity contribution >= 4 is 12.1 Å². The highest BCUT2D eigenvalue weighted by Crippen LogP contribution is 2.35. The van der Waals surface area contributed by atoms with Crippen molar-refractivity contribution in [1.29, 1.82) is 0 Å². The van der Waals surface area contributed by atoms with Crippen molar-refractivity contribution in [2.75, 3.05) is 0 Å². The number of hydrogen-bond donors (Lipinski definition) is 0. The minimum absolute atomic E-state index is 0.167. The molecule has 0 fully saturated rings.